The molecule has 0 aromatic carbocycles. The van der Waals surface area contributed by atoms with Gasteiger partial charge in [-0.05, 0) is 54.3 Å². The molecule has 0 aliphatic rings. The van der Waals surface area contributed by atoms with Crippen molar-refractivity contribution in [2.24, 2.45) is 5.92 Å². The van der Waals surface area contributed by atoms with Gasteiger partial charge in [-0.2, -0.15) is 4.37 Å². The summed E-state index contributed by atoms with van der Waals surface area (Å²) < 4.78 is 5.14. The van der Waals surface area contributed by atoms with Crippen LogP contribution in [0.25, 0.3) is 0 Å². The summed E-state index contributed by atoms with van der Waals surface area (Å²) in [6.45, 7) is 8.17. The highest BCUT2D eigenvalue weighted by Gasteiger charge is 2.09. The highest BCUT2D eigenvalue weighted by atomic mass is 32.2. The van der Waals surface area contributed by atoms with Crippen molar-refractivity contribution in [2.45, 2.75) is 36.7 Å². The Labute approximate surface area is 122 Å². The lowest BCUT2D eigenvalue weighted by Crippen LogP contribution is -2.19. The minimum absolute atomic E-state index is 0.651. The van der Waals surface area contributed by atoms with Crippen molar-refractivity contribution >= 4 is 23.3 Å². The smallest absolute Gasteiger partial charge is 0.176 e. The summed E-state index contributed by atoms with van der Waals surface area (Å²) in [5.41, 5.74) is 1.21. The molecule has 0 aliphatic carbocycles. The van der Waals surface area contributed by atoms with Crippen LogP contribution in [-0.2, 0) is 6.54 Å². The van der Waals surface area contributed by atoms with Crippen LogP contribution in [0.1, 0.15) is 25.2 Å². The molecule has 0 amide bonds. The predicted octanol–water partition coefficient (Wildman–Crippen LogP) is 3.14. The number of nitrogens with one attached hydrogen (secondary N) is 1. The molecule has 0 atom stereocenters. The Kier molecular flexibility index (Phi) is 5.30. The summed E-state index contributed by atoms with van der Waals surface area (Å²) in [5, 5.41) is 4.46. The van der Waals surface area contributed by atoms with Gasteiger partial charge in [0.15, 0.2) is 4.34 Å². The average Bonchev–Trinajstić information content (AvgIpc) is 2.77. The first-order chi connectivity index (χ1) is 9.15. The average molecular weight is 294 g/mol. The Morgan fingerprint density at radius 2 is 2.26 bits per heavy atom. The maximum absolute atomic E-state index is 4.44. The van der Waals surface area contributed by atoms with Crippen LogP contribution in [0.5, 0.6) is 0 Å². The van der Waals surface area contributed by atoms with E-state index in [9.17, 15) is 0 Å². The molecule has 2 heterocycles. The number of aromatic nitrogens is 3. The molecule has 0 spiro atoms. The Morgan fingerprint density at radius 1 is 1.42 bits per heavy atom. The van der Waals surface area contributed by atoms with Crippen molar-refractivity contribution < 1.29 is 0 Å². The zero-order chi connectivity index (χ0) is 13.7. The van der Waals surface area contributed by atoms with Gasteiger partial charge in [-0.3, -0.25) is 0 Å². The van der Waals surface area contributed by atoms with Crippen molar-refractivity contribution in [2.75, 3.05) is 6.54 Å². The molecule has 2 rings (SSSR count). The van der Waals surface area contributed by atoms with Crippen molar-refractivity contribution in [3.05, 3.63) is 29.7 Å². The van der Waals surface area contributed by atoms with Crippen molar-refractivity contribution in [1.29, 1.82) is 0 Å². The largest absolute Gasteiger partial charge is 0.312 e. The first-order valence-electron chi connectivity index (χ1n) is 6.28. The van der Waals surface area contributed by atoms with Gasteiger partial charge in [0.05, 0.1) is 0 Å². The molecule has 1 N–H and O–H groups in total. The maximum atomic E-state index is 4.44. The first-order valence-corrected chi connectivity index (χ1v) is 7.87. The van der Waals surface area contributed by atoms with Gasteiger partial charge in [0.1, 0.15) is 10.9 Å². The third kappa shape index (κ3) is 4.56. The molecule has 0 radical (unpaired) electrons. The fourth-order valence-electron chi connectivity index (χ4n) is 1.55. The van der Waals surface area contributed by atoms with Crippen LogP contribution >= 0.6 is 23.3 Å². The van der Waals surface area contributed by atoms with E-state index >= 15 is 0 Å². The van der Waals surface area contributed by atoms with Crippen LogP contribution < -0.4 is 5.32 Å². The van der Waals surface area contributed by atoms with E-state index in [1.165, 1.54) is 17.1 Å². The fraction of sp³-hybridized carbons (Fsp3) is 0.462. The zero-order valence-electron chi connectivity index (χ0n) is 11.4. The minimum Gasteiger partial charge on any atom is -0.312 e. The third-order valence-corrected chi connectivity index (χ3v) is 4.31. The molecule has 2 aromatic rings. The number of nitrogens with zero attached hydrogens (tertiary/aromatic N) is 3. The topological polar surface area (TPSA) is 50.7 Å². The van der Waals surface area contributed by atoms with E-state index in [4.69, 9.17) is 0 Å². The number of pyridine rings is 1. The lowest BCUT2D eigenvalue weighted by Gasteiger charge is -2.09. The van der Waals surface area contributed by atoms with Crippen LogP contribution in [0.15, 0.2) is 27.7 Å². The van der Waals surface area contributed by atoms with Gasteiger partial charge < -0.3 is 5.32 Å². The molecule has 0 saturated carbocycles. The minimum atomic E-state index is 0.651. The van der Waals surface area contributed by atoms with Crippen LogP contribution in [0.4, 0.5) is 0 Å². The molecule has 102 valence electrons. The van der Waals surface area contributed by atoms with E-state index in [-0.39, 0.29) is 0 Å². The molecule has 19 heavy (non-hydrogen) atoms. The van der Waals surface area contributed by atoms with Crippen molar-refractivity contribution in [1.82, 2.24) is 19.7 Å². The Morgan fingerprint density at radius 3 is 2.95 bits per heavy atom. The number of hydrogen-bond donors (Lipinski definition) is 1. The Balaban J connectivity index is 2.03. The molecular formula is C13H18N4S2. The lowest BCUT2D eigenvalue weighted by molar-refractivity contribution is 0.549. The molecule has 0 aliphatic heterocycles. The van der Waals surface area contributed by atoms with E-state index in [0.717, 1.165) is 28.3 Å². The number of aryl methyl sites for hydroxylation is 1. The maximum Gasteiger partial charge on any atom is 0.176 e. The van der Waals surface area contributed by atoms with Crippen LogP contribution in [0, 0.1) is 12.8 Å². The van der Waals surface area contributed by atoms with Gasteiger partial charge in [-0.15, -0.1) is 0 Å². The van der Waals surface area contributed by atoms with Gasteiger partial charge in [-0.1, -0.05) is 19.9 Å². The summed E-state index contributed by atoms with van der Waals surface area (Å²) in [6, 6.07) is 4.08. The van der Waals surface area contributed by atoms with Gasteiger partial charge >= 0.3 is 0 Å². The monoisotopic (exact) mass is 294 g/mol. The predicted molar refractivity (Wildman–Crippen MR) is 79.6 cm³/mol. The first kappa shape index (κ1) is 14.4. The molecule has 2 aromatic heterocycles. The standard InChI is InChI=1S/C13H18N4S2/c1-9(2)7-14-8-11-5-4-6-15-12(11)18-13-16-10(3)17-19-13/h4-6,9,14H,7-8H2,1-3H3. The van der Waals surface area contributed by atoms with Gasteiger partial charge in [-0.25, -0.2) is 9.97 Å². The number of hydrogen-bond acceptors (Lipinski definition) is 6. The van der Waals surface area contributed by atoms with E-state index in [1.54, 1.807) is 11.8 Å². The summed E-state index contributed by atoms with van der Waals surface area (Å²) in [6.07, 6.45) is 1.82. The molecule has 4 nitrogen and oxygen atoms in total. The molecular weight excluding hydrogens is 276 g/mol. The number of rotatable bonds is 6. The lowest BCUT2D eigenvalue weighted by atomic mass is 10.2. The summed E-state index contributed by atoms with van der Waals surface area (Å²) in [4.78, 5) is 8.81. The molecule has 0 saturated heterocycles. The third-order valence-electron chi connectivity index (χ3n) is 2.41. The Hall–Kier alpha value is -0.980. The SMILES string of the molecule is Cc1nsc(Sc2ncccc2CNCC(C)C)n1. The van der Waals surface area contributed by atoms with Crippen LogP contribution in [-0.4, -0.2) is 20.9 Å². The van der Waals surface area contributed by atoms with E-state index < -0.39 is 0 Å². The second-order valence-corrected chi connectivity index (χ2v) is 6.69. The summed E-state index contributed by atoms with van der Waals surface area (Å²) >= 11 is 3.01. The van der Waals surface area contributed by atoms with Crippen molar-refractivity contribution in [3.63, 3.8) is 0 Å². The second kappa shape index (κ2) is 6.98. The zero-order valence-corrected chi connectivity index (χ0v) is 13.0. The molecule has 0 bridgehead atoms. The fourth-order valence-corrected chi connectivity index (χ4v) is 3.20. The highest BCUT2D eigenvalue weighted by Crippen LogP contribution is 2.29. The summed E-state index contributed by atoms with van der Waals surface area (Å²) in [5.74, 6) is 1.47. The summed E-state index contributed by atoms with van der Waals surface area (Å²) in [7, 11) is 0. The van der Waals surface area contributed by atoms with Gasteiger partial charge in [0.25, 0.3) is 0 Å². The van der Waals surface area contributed by atoms with Crippen molar-refractivity contribution in [3.8, 4) is 0 Å². The van der Waals surface area contributed by atoms with Gasteiger partial charge in [0.2, 0.25) is 0 Å². The van der Waals surface area contributed by atoms with E-state index in [2.05, 4.69) is 39.6 Å². The van der Waals surface area contributed by atoms with E-state index in [0.29, 0.717) is 5.92 Å². The molecule has 6 heteroatoms. The van der Waals surface area contributed by atoms with E-state index in [1.807, 2.05) is 19.2 Å². The second-order valence-electron chi connectivity index (χ2n) is 4.70. The Bertz CT molecular complexity index is 525. The molecule has 0 unspecified atom stereocenters. The van der Waals surface area contributed by atoms with Gasteiger partial charge in [0, 0.05) is 12.7 Å². The quantitative estimate of drug-likeness (QED) is 0.887. The molecule has 0 fully saturated rings. The highest BCUT2D eigenvalue weighted by molar-refractivity contribution is 8.00. The van der Waals surface area contributed by atoms with Crippen LogP contribution in [0.2, 0.25) is 0 Å². The van der Waals surface area contributed by atoms with Crippen LogP contribution in [0.3, 0.4) is 0 Å². The normalized spacial score (nSPS) is 11.2.